The van der Waals surface area contributed by atoms with Crippen LogP contribution in [0.15, 0.2) is 47.5 Å². The molecule has 164 valence electrons. The fraction of sp³-hybridized carbons (Fsp3) is 0.409. The van der Waals surface area contributed by atoms with Crippen molar-refractivity contribution < 1.29 is 17.5 Å². The van der Waals surface area contributed by atoms with Gasteiger partial charge in [-0.05, 0) is 55.2 Å². The summed E-state index contributed by atoms with van der Waals surface area (Å²) in [6, 6.07) is 12.0. The van der Waals surface area contributed by atoms with E-state index in [1.807, 2.05) is 38.1 Å². The molecule has 0 aromatic heterocycles. The van der Waals surface area contributed by atoms with Crippen molar-refractivity contribution in [2.45, 2.75) is 32.6 Å². The Hall–Kier alpha value is -2.61. The fourth-order valence-electron chi connectivity index (χ4n) is 2.99. The number of nitrogens with zero attached hydrogens (tertiary/aromatic N) is 1. The smallest absolute Gasteiger partial charge is 0.191 e. The Kier molecular flexibility index (Phi) is 9.11. The van der Waals surface area contributed by atoms with Crippen LogP contribution in [-0.4, -0.2) is 40.3 Å². The largest absolute Gasteiger partial charge is 0.494 e. The molecule has 0 unspecified atom stereocenters. The van der Waals surface area contributed by atoms with E-state index in [-0.39, 0.29) is 12.3 Å². The van der Waals surface area contributed by atoms with Gasteiger partial charge in [-0.2, -0.15) is 0 Å². The molecule has 0 heterocycles. The summed E-state index contributed by atoms with van der Waals surface area (Å²) in [6.07, 6.45) is 1.91. The lowest BCUT2D eigenvalue weighted by molar-refractivity contribution is 0.336. The summed E-state index contributed by atoms with van der Waals surface area (Å²) in [6.45, 7) is 6.00. The molecule has 0 bridgehead atoms. The molecule has 0 aliphatic heterocycles. The normalized spacial score (nSPS) is 11.9. The first-order chi connectivity index (χ1) is 14.3. The van der Waals surface area contributed by atoms with E-state index < -0.39 is 15.7 Å². The van der Waals surface area contributed by atoms with Gasteiger partial charge in [0.2, 0.25) is 0 Å². The molecule has 0 saturated heterocycles. The van der Waals surface area contributed by atoms with Gasteiger partial charge in [-0.3, -0.25) is 0 Å². The predicted octanol–water partition coefficient (Wildman–Crippen LogP) is 3.07. The van der Waals surface area contributed by atoms with Gasteiger partial charge in [-0.15, -0.1) is 0 Å². The summed E-state index contributed by atoms with van der Waals surface area (Å²) >= 11 is 0. The van der Waals surface area contributed by atoms with Crippen molar-refractivity contribution in [3.63, 3.8) is 0 Å². The van der Waals surface area contributed by atoms with Gasteiger partial charge in [0, 0.05) is 19.3 Å². The van der Waals surface area contributed by atoms with Crippen LogP contribution in [-0.2, 0) is 28.6 Å². The molecule has 0 spiro atoms. The SMILES string of the molecule is CCNC(=NCc1cc(F)ccc1CS(C)(=O)=O)NCCc1ccccc1OCC. The molecule has 8 heteroatoms. The number of halogens is 1. The van der Waals surface area contributed by atoms with E-state index >= 15 is 0 Å². The van der Waals surface area contributed by atoms with E-state index in [1.54, 1.807) is 0 Å². The molecule has 30 heavy (non-hydrogen) atoms. The van der Waals surface area contributed by atoms with E-state index in [9.17, 15) is 12.8 Å². The van der Waals surface area contributed by atoms with Crippen LogP contribution in [0.1, 0.15) is 30.5 Å². The Morgan fingerprint density at radius 1 is 1.07 bits per heavy atom. The Morgan fingerprint density at radius 2 is 1.83 bits per heavy atom. The molecule has 0 radical (unpaired) electrons. The van der Waals surface area contributed by atoms with Crippen molar-refractivity contribution in [3.8, 4) is 5.75 Å². The summed E-state index contributed by atoms with van der Waals surface area (Å²) in [4.78, 5) is 4.51. The monoisotopic (exact) mass is 435 g/mol. The number of sulfone groups is 1. The average molecular weight is 436 g/mol. The van der Waals surface area contributed by atoms with Crippen molar-refractivity contribution in [1.82, 2.24) is 10.6 Å². The molecule has 2 aromatic rings. The topological polar surface area (TPSA) is 79.8 Å². The lowest BCUT2D eigenvalue weighted by Gasteiger charge is -2.14. The third-order valence-electron chi connectivity index (χ3n) is 4.30. The second-order valence-electron chi connectivity index (χ2n) is 6.90. The Morgan fingerprint density at radius 3 is 2.53 bits per heavy atom. The number of rotatable bonds is 10. The van der Waals surface area contributed by atoms with Crippen LogP contribution in [0, 0.1) is 5.82 Å². The molecular weight excluding hydrogens is 405 g/mol. The van der Waals surface area contributed by atoms with Crippen molar-refractivity contribution in [3.05, 3.63) is 65.0 Å². The molecule has 2 rings (SSSR count). The Balaban J connectivity index is 2.07. The zero-order chi connectivity index (χ0) is 22.0. The van der Waals surface area contributed by atoms with Crippen LogP contribution in [0.2, 0.25) is 0 Å². The van der Waals surface area contributed by atoms with Gasteiger partial charge in [0.15, 0.2) is 15.8 Å². The van der Waals surface area contributed by atoms with Crippen LogP contribution in [0.3, 0.4) is 0 Å². The molecule has 2 N–H and O–H groups in total. The molecule has 6 nitrogen and oxygen atoms in total. The molecular formula is C22H30FN3O3S. The maximum absolute atomic E-state index is 13.7. The van der Waals surface area contributed by atoms with Gasteiger partial charge < -0.3 is 15.4 Å². The highest BCUT2D eigenvalue weighted by molar-refractivity contribution is 7.89. The third kappa shape index (κ3) is 8.02. The summed E-state index contributed by atoms with van der Waals surface area (Å²) < 4.78 is 42.7. The number of hydrogen-bond acceptors (Lipinski definition) is 4. The van der Waals surface area contributed by atoms with Gasteiger partial charge >= 0.3 is 0 Å². The van der Waals surface area contributed by atoms with Crippen LogP contribution >= 0.6 is 0 Å². The predicted molar refractivity (Wildman–Crippen MR) is 119 cm³/mol. The van der Waals surface area contributed by atoms with Crippen LogP contribution in [0.4, 0.5) is 4.39 Å². The lowest BCUT2D eigenvalue weighted by atomic mass is 10.1. The standard InChI is InChI=1S/C22H30FN3O3S/c1-4-24-22(25-13-12-17-8-6-7-9-21(17)29-5-2)26-15-19-14-20(23)11-10-18(19)16-30(3,27)28/h6-11,14H,4-5,12-13,15-16H2,1-3H3,(H2,24,25,26). The van der Waals surface area contributed by atoms with Crippen molar-refractivity contribution in [2.24, 2.45) is 4.99 Å². The van der Waals surface area contributed by atoms with E-state index in [0.29, 0.717) is 36.8 Å². The highest BCUT2D eigenvalue weighted by Gasteiger charge is 2.11. The third-order valence-corrected chi connectivity index (χ3v) is 5.13. The molecule has 0 aliphatic carbocycles. The first-order valence-corrected chi connectivity index (χ1v) is 12.1. The minimum Gasteiger partial charge on any atom is -0.494 e. The molecule has 2 aromatic carbocycles. The first kappa shape index (κ1) is 23.7. The van der Waals surface area contributed by atoms with Gasteiger partial charge in [0.25, 0.3) is 0 Å². The number of aliphatic imine (C=N–C) groups is 1. The number of benzene rings is 2. The second-order valence-corrected chi connectivity index (χ2v) is 9.04. The summed E-state index contributed by atoms with van der Waals surface area (Å²) in [5.74, 6) is 0.897. The minimum absolute atomic E-state index is 0.143. The van der Waals surface area contributed by atoms with Crippen LogP contribution in [0.5, 0.6) is 5.75 Å². The van der Waals surface area contributed by atoms with Gasteiger partial charge in [0.1, 0.15) is 11.6 Å². The summed E-state index contributed by atoms with van der Waals surface area (Å²) in [7, 11) is -3.23. The number of hydrogen-bond donors (Lipinski definition) is 2. The highest BCUT2D eigenvalue weighted by atomic mass is 32.2. The van der Waals surface area contributed by atoms with Crippen LogP contribution in [0.25, 0.3) is 0 Å². The maximum Gasteiger partial charge on any atom is 0.191 e. The lowest BCUT2D eigenvalue weighted by Crippen LogP contribution is -2.38. The van der Waals surface area contributed by atoms with Gasteiger partial charge in [-0.25, -0.2) is 17.8 Å². The number of ether oxygens (including phenoxy) is 1. The van der Waals surface area contributed by atoms with E-state index in [4.69, 9.17) is 4.74 Å². The number of nitrogens with one attached hydrogen (secondary N) is 2. The molecule has 0 saturated carbocycles. The van der Waals surface area contributed by atoms with Gasteiger partial charge in [0.05, 0.1) is 18.9 Å². The van der Waals surface area contributed by atoms with Crippen molar-refractivity contribution in [2.75, 3.05) is 26.0 Å². The fourth-order valence-corrected chi connectivity index (χ4v) is 3.84. The second kappa shape index (κ2) is 11.5. The molecule has 0 atom stereocenters. The molecule has 0 amide bonds. The Labute approximate surface area is 178 Å². The highest BCUT2D eigenvalue weighted by Crippen LogP contribution is 2.18. The van der Waals surface area contributed by atoms with Crippen LogP contribution < -0.4 is 15.4 Å². The number of guanidine groups is 1. The number of para-hydroxylation sites is 1. The van der Waals surface area contributed by atoms with Gasteiger partial charge in [-0.1, -0.05) is 24.3 Å². The summed E-state index contributed by atoms with van der Waals surface area (Å²) in [5.41, 5.74) is 2.21. The maximum atomic E-state index is 13.7. The van der Waals surface area contributed by atoms with E-state index in [0.717, 1.165) is 24.0 Å². The molecule has 0 fully saturated rings. The zero-order valence-corrected chi connectivity index (χ0v) is 18.6. The zero-order valence-electron chi connectivity index (χ0n) is 17.7. The van der Waals surface area contributed by atoms with E-state index in [1.165, 1.54) is 18.2 Å². The molecule has 0 aliphatic rings. The van der Waals surface area contributed by atoms with Crippen molar-refractivity contribution >= 4 is 15.8 Å². The minimum atomic E-state index is -3.23. The van der Waals surface area contributed by atoms with Crippen molar-refractivity contribution in [1.29, 1.82) is 0 Å². The average Bonchev–Trinajstić information content (AvgIpc) is 2.68. The first-order valence-electron chi connectivity index (χ1n) is 10.00. The van der Waals surface area contributed by atoms with E-state index in [2.05, 4.69) is 15.6 Å². The Bertz CT molecular complexity index is 962. The quantitative estimate of drug-likeness (QED) is 0.443. The summed E-state index contributed by atoms with van der Waals surface area (Å²) in [5, 5.41) is 6.42.